The molecule has 1 saturated carbocycles. The Bertz CT molecular complexity index is 947. The Morgan fingerprint density at radius 2 is 1.93 bits per heavy atom. The highest BCUT2D eigenvalue weighted by Crippen LogP contribution is 2.34. The van der Waals surface area contributed by atoms with Gasteiger partial charge in [-0.25, -0.2) is 9.67 Å². The summed E-state index contributed by atoms with van der Waals surface area (Å²) in [5, 5.41) is 4.99. The SMILES string of the molecule is COCc1cc(-c2nc(C3CCCC3)nn2-c2ccc(C)cc2C)n(C)c1. The second-order valence-corrected chi connectivity index (χ2v) is 7.75. The Balaban J connectivity index is 1.86. The van der Waals surface area contributed by atoms with Gasteiger partial charge in [-0.05, 0) is 49.9 Å². The van der Waals surface area contributed by atoms with Crippen LogP contribution in [0.2, 0.25) is 0 Å². The molecule has 2 heterocycles. The molecule has 142 valence electrons. The third kappa shape index (κ3) is 3.44. The van der Waals surface area contributed by atoms with Crippen LogP contribution in [0.5, 0.6) is 0 Å². The summed E-state index contributed by atoms with van der Waals surface area (Å²) in [5.41, 5.74) is 5.79. The number of rotatable bonds is 5. The fourth-order valence-electron chi connectivity index (χ4n) is 4.16. The third-order valence-corrected chi connectivity index (χ3v) is 5.53. The van der Waals surface area contributed by atoms with E-state index in [1.165, 1.54) is 36.8 Å². The smallest absolute Gasteiger partial charge is 0.179 e. The predicted octanol–water partition coefficient (Wildman–Crippen LogP) is 4.69. The molecule has 0 saturated heterocycles. The van der Waals surface area contributed by atoms with Gasteiger partial charge in [-0.3, -0.25) is 0 Å². The maximum absolute atomic E-state index is 5.31. The van der Waals surface area contributed by atoms with Crippen LogP contribution in [0.1, 0.15) is 54.1 Å². The number of benzene rings is 1. The van der Waals surface area contributed by atoms with Gasteiger partial charge in [-0.2, -0.15) is 5.10 Å². The van der Waals surface area contributed by atoms with Gasteiger partial charge in [0.05, 0.1) is 18.0 Å². The van der Waals surface area contributed by atoms with Gasteiger partial charge < -0.3 is 9.30 Å². The molecule has 0 spiro atoms. The highest BCUT2D eigenvalue weighted by atomic mass is 16.5. The van der Waals surface area contributed by atoms with Gasteiger partial charge in [0.2, 0.25) is 0 Å². The van der Waals surface area contributed by atoms with Gasteiger partial charge in [-0.1, -0.05) is 30.5 Å². The van der Waals surface area contributed by atoms with E-state index in [-0.39, 0.29) is 0 Å². The van der Waals surface area contributed by atoms with Crippen LogP contribution in [0.3, 0.4) is 0 Å². The van der Waals surface area contributed by atoms with Crippen LogP contribution in [0.4, 0.5) is 0 Å². The molecule has 5 heteroatoms. The lowest BCUT2D eigenvalue weighted by atomic mass is 10.1. The van der Waals surface area contributed by atoms with E-state index in [9.17, 15) is 0 Å². The van der Waals surface area contributed by atoms with E-state index in [1.807, 2.05) is 4.68 Å². The minimum absolute atomic E-state index is 0.481. The number of methoxy groups -OCH3 is 1. The monoisotopic (exact) mass is 364 g/mol. The van der Waals surface area contributed by atoms with E-state index in [0.717, 1.165) is 28.6 Å². The number of hydrogen-bond donors (Lipinski definition) is 0. The summed E-state index contributed by atoms with van der Waals surface area (Å²) >= 11 is 0. The average Bonchev–Trinajstić information content (AvgIpc) is 3.34. The number of aryl methyl sites for hydroxylation is 3. The molecule has 27 heavy (non-hydrogen) atoms. The molecule has 0 N–H and O–H groups in total. The van der Waals surface area contributed by atoms with E-state index in [0.29, 0.717) is 12.5 Å². The standard InChI is InChI=1S/C22H28N4O/c1-15-9-10-19(16(2)11-15)26-22(20-12-17(14-27-4)13-25(20)3)23-21(24-26)18-7-5-6-8-18/h9-13,18H,5-8,14H2,1-4H3. The van der Waals surface area contributed by atoms with Crippen molar-refractivity contribution in [2.24, 2.45) is 7.05 Å². The maximum Gasteiger partial charge on any atom is 0.179 e. The molecule has 0 radical (unpaired) electrons. The summed E-state index contributed by atoms with van der Waals surface area (Å²) in [6.45, 7) is 4.86. The Morgan fingerprint density at radius 1 is 1.15 bits per heavy atom. The van der Waals surface area contributed by atoms with E-state index >= 15 is 0 Å². The van der Waals surface area contributed by atoms with E-state index in [1.54, 1.807) is 7.11 Å². The molecular formula is C22H28N4O. The zero-order chi connectivity index (χ0) is 19.0. The summed E-state index contributed by atoms with van der Waals surface area (Å²) in [5.74, 6) is 2.38. The largest absolute Gasteiger partial charge is 0.380 e. The number of nitrogens with zero attached hydrogens (tertiary/aromatic N) is 4. The molecule has 0 aliphatic heterocycles. The molecule has 1 aromatic carbocycles. The zero-order valence-corrected chi connectivity index (χ0v) is 16.7. The lowest BCUT2D eigenvalue weighted by Gasteiger charge is -2.10. The Morgan fingerprint density at radius 3 is 2.63 bits per heavy atom. The molecule has 5 nitrogen and oxygen atoms in total. The van der Waals surface area contributed by atoms with Crippen LogP contribution in [-0.4, -0.2) is 26.4 Å². The second kappa shape index (κ2) is 7.31. The summed E-state index contributed by atoms with van der Waals surface area (Å²) in [4.78, 5) is 5.03. The summed E-state index contributed by atoms with van der Waals surface area (Å²) in [6.07, 6.45) is 7.05. The fourth-order valence-corrected chi connectivity index (χ4v) is 4.16. The molecule has 0 unspecified atom stereocenters. The van der Waals surface area contributed by atoms with E-state index in [2.05, 4.69) is 55.9 Å². The zero-order valence-electron chi connectivity index (χ0n) is 16.7. The molecule has 1 aliphatic carbocycles. The fraction of sp³-hybridized carbons (Fsp3) is 0.455. The first-order valence-electron chi connectivity index (χ1n) is 9.76. The molecular weight excluding hydrogens is 336 g/mol. The minimum Gasteiger partial charge on any atom is -0.380 e. The number of aromatic nitrogens is 4. The summed E-state index contributed by atoms with van der Waals surface area (Å²) in [6, 6.07) is 8.66. The maximum atomic E-state index is 5.31. The normalized spacial score (nSPS) is 15.0. The highest BCUT2D eigenvalue weighted by Gasteiger charge is 2.25. The van der Waals surface area contributed by atoms with Crippen molar-refractivity contribution in [3.8, 4) is 17.2 Å². The van der Waals surface area contributed by atoms with Crippen molar-refractivity contribution >= 4 is 0 Å². The Kier molecular flexibility index (Phi) is 4.87. The van der Waals surface area contributed by atoms with Crippen LogP contribution in [-0.2, 0) is 18.4 Å². The van der Waals surface area contributed by atoms with Crippen LogP contribution < -0.4 is 0 Å². The van der Waals surface area contributed by atoms with Crippen LogP contribution in [0.25, 0.3) is 17.2 Å². The summed E-state index contributed by atoms with van der Waals surface area (Å²) < 4.78 is 9.47. The third-order valence-electron chi connectivity index (χ3n) is 5.53. The van der Waals surface area contributed by atoms with Crippen molar-refractivity contribution in [1.29, 1.82) is 0 Å². The molecule has 1 aliphatic rings. The minimum atomic E-state index is 0.481. The van der Waals surface area contributed by atoms with Gasteiger partial charge in [0.15, 0.2) is 11.6 Å². The highest BCUT2D eigenvalue weighted by molar-refractivity contribution is 5.57. The molecule has 2 aromatic heterocycles. The quantitative estimate of drug-likeness (QED) is 0.659. The Labute approximate surface area is 161 Å². The second-order valence-electron chi connectivity index (χ2n) is 7.75. The number of ether oxygens (including phenoxy) is 1. The first-order chi connectivity index (χ1) is 13.1. The molecule has 4 rings (SSSR count). The van der Waals surface area contributed by atoms with Crippen molar-refractivity contribution in [3.05, 3.63) is 53.0 Å². The molecule has 3 aromatic rings. The van der Waals surface area contributed by atoms with Gasteiger partial charge in [-0.15, -0.1) is 0 Å². The van der Waals surface area contributed by atoms with Gasteiger partial charge in [0.25, 0.3) is 0 Å². The van der Waals surface area contributed by atoms with Crippen LogP contribution in [0, 0.1) is 13.8 Å². The van der Waals surface area contributed by atoms with Crippen molar-refractivity contribution in [1.82, 2.24) is 19.3 Å². The lowest BCUT2D eigenvalue weighted by molar-refractivity contribution is 0.185. The topological polar surface area (TPSA) is 44.9 Å². The Hall–Kier alpha value is -2.40. The van der Waals surface area contributed by atoms with Crippen molar-refractivity contribution < 1.29 is 4.74 Å². The van der Waals surface area contributed by atoms with Crippen molar-refractivity contribution in [2.45, 2.75) is 52.1 Å². The first kappa shape index (κ1) is 18.0. The molecule has 1 fully saturated rings. The lowest BCUT2D eigenvalue weighted by Crippen LogP contribution is -2.04. The van der Waals surface area contributed by atoms with Crippen LogP contribution >= 0.6 is 0 Å². The van der Waals surface area contributed by atoms with E-state index in [4.69, 9.17) is 14.8 Å². The molecule has 0 amide bonds. The molecule has 0 atom stereocenters. The summed E-state index contributed by atoms with van der Waals surface area (Å²) in [7, 11) is 3.79. The predicted molar refractivity (Wildman–Crippen MR) is 107 cm³/mol. The van der Waals surface area contributed by atoms with E-state index < -0.39 is 0 Å². The average molecular weight is 364 g/mol. The molecule has 0 bridgehead atoms. The van der Waals surface area contributed by atoms with Gasteiger partial charge in [0.1, 0.15) is 0 Å². The van der Waals surface area contributed by atoms with Crippen molar-refractivity contribution in [2.75, 3.05) is 7.11 Å². The number of hydrogen-bond acceptors (Lipinski definition) is 3. The first-order valence-corrected chi connectivity index (χ1v) is 9.76. The van der Waals surface area contributed by atoms with Gasteiger partial charge in [0, 0.05) is 26.3 Å². The van der Waals surface area contributed by atoms with Crippen molar-refractivity contribution in [3.63, 3.8) is 0 Å². The van der Waals surface area contributed by atoms with Gasteiger partial charge >= 0.3 is 0 Å². The van der Waals surface area contributed by atoms with Crippen LogP contribution in [0.15, 0.2) is 30.5 Å².